The first kappa shape index (κ1) is 9.21. The molecule has 1 atom stereocenters. The maximum absolute atomic E-state index is 11.6. The molecule has 1 aromatic rings. The third kappa shape index (κ3) is 1.40. The van der Waals surface area contributed by atoms with Gasteiger partial charge < -0.3 is 9.80 Å². The number of anilines is 1. The number of fused-ring (bicyclic) bond motifs is 1. The van der Waals surface area contributed by atoms with Crippen LogP contribution in [0.4, 0.5) is 11.4 Å². The van der Waals surface area contributed by atoms with Crippen LogP contribution in [0.5, 0.6) is 0 Å². The molecule has 1 aromatic carbocycles. The Morgan fingerprint density at radius 3 is 2.86 bits per heavy atom. The van der Waals surface area contributed by atoms with Crippen molar-refractivity contribution in [3.05, 3.63) is 24.3 Å². The lowest BCUT2D eigenvalue weighted by molar-refractivity contribution is -0.808. The molecule has 0 fully saturated rings. The Labute approximate surface area is 83.9 Å². The molecule has 0 saturated heterocycles. The molecule has 2 rings (SSSR count). The van der Waals surface area contributed by atoms with Crippen LogP contribution in [0.2, 0.25) is 0 Å². The highest BCUT2D eigenvalue weighted by molar-refractivity contribution is 5.95. The average molecular weight is 191 g/mol. The molecular formula is C11H15N2O+. The number of hydrogen-bond donors (Lipinski definition) is 1. The normalized spacial score (nSPS) is 21.7. The number of amides is 1. The van der Waals surface area contributed by atoms with E-state index in [0.717, 1.165) is 12.2 Å². The molecular weight excluding hydrogens is 176 g/mol. The maximum atomic E-state index is 11.6. The van der Waals surface area contributed by atoms with Crippen molar-refractivity contribution < 1.29 is 9.69 Å². The van der Waals surface area contributed by atoms with Gasteiger partial charge in [0, 0.05) is 13.1 Å². The number of rotatable bonds is 0. The molecule has 0 bridgehead atoms. The van der Waals surface area contributed by atoms with Gasteiger partial charge in [0.1, 0.15) is 5.69 Å². The highest BCUT2D eigenvalue weighted by Crippen LogP contribution is 2.22. The van der Waals surface area contributed by atoms with Crippen LogP contribution >= 0.6 is 0 Å². The van der Waals surface area contributed by atoms with Crippen molar-refractivity contribution in [2.45, 2.75) is 6.42 Å². The third-order valence-electron chi connectivity index (χ3n) is 2.81. The minimum absolute atomic E-state index is 0.203. The molecule has 0 spiro atoms. The first-order chi connectivity index (χ1) is 6.70. The van der Waals surface area contributed by atoms with E-state index in [1.807, 2.05) is 25.2 Å². The second-order valence-electron chi connectivity index (χ2n) is 3.75. The summed E-state index contributed by atoms with van der Waals surface area (Å²) in [5, 5.41) is 0. The van der Waals surface area contributed by atoms with Crippen molar-refractivity contribution in [2.75, 3.05) is 25.5 Å². The summed E-state index contributed by atoms with van der Waals surface area (Å²) in [6.45, 7) is 0.875. The summed E-state index contributed by atoms with van der Waals surface area (Å²) in [7, 11) is 3.95. The quantitative estimate of drug-likeness (QED) is 0.622. The number of nitrogens with zero attached hydrogens (tertiary/aromatic N) is 1. The predicted octanol–water partition coefficient (Wildman–Crippen LogP) is 0.199. The highest BCUT2D eigenvalue weighted by atomic mass is 16.2. The smallest absolute Gasteiger partial charge is 0.232 e. The van der Waals surface area contributed by atoms with E-state index in [9.17, 15) is 4.79 Å². The first-order valence-electron chi connectivity index (χ1n) is 4.88. The monoisotopic (exact) mass is 191 g/mol. The van der Waals surface area contributed by atoms with E-state index in [-0.39, 0.29) is 5.91 Å². The fourth-order valence-electron chi connectivity index (χ4n) is 1.86. The lowest BCUT2D eigenvalue weighted by Crippen LogP contribution is -3.03. The molecule has 1 heterocycles. The van der Waals surface area contributed by atoms with Gasteiger partial charge in [-0.2, -0.15) is 0 Å². The summed E-state index contributed by atoms with van der Waals surface area (Å²) in [5.74, 6) is 0.203. The second kappa shape index (κ2) is 3.42. The van der Waals surface area contributed by atoms with Gasteiger partial charge in [0.05, 0.1) is 20.0 Å². The molecule has 1 N–H and O–H groups in total. The predicted molar refractivity (Wildman–Crippen MR) is 55.9 cm³/mol. The molecule has 0 saturated carbocycles. The number of quaternary nitrogens is 1. The van der Waals surface area contributed by atoms with Crippen molar-refractivity contribution in [2.24, 2.45) is 0 Å². The van der Waals surface area contributed by atoms with Crippen LogP contribution in [0, 0.1) is 0 Å². The first-order valence-corrected chi connectivity index (χ1v) is 4.88. The molecule has 1 aliphatic rings. The van der Waals surface area contributed by atoms with Gasteiger partial charge in [-0.1, -0.05) is 12.1 Å². The molecule has 1 unspecified atom stereocenters. The van der Waals surface area contributed by atoms with Crippen LogP contribution in [-0.4, -0.2) is 26.5 Å². The molecule has 3 nitrogen and oxygen atoms in total. The van der Waals surface area contributed by atoms with E-state index in [2.05, 4.69) is 13.1 Å². The lowest BCUT2D eigenvalue weighted by atomic mass is 10.2. The molecule has 0 radical (unpaired) electrons. The van der Waals surface area contributed by atoms with Gasteiger partial charge in [-0.15, -0.1) is 0 Å². The zero-order chi connectivity index (χ0) is 10.1. The Morgan fingerprint density at radius 2 is 2.07 bits per heavy atom. The van der Waals surface area contributed by atoms with Gasteiger partial charge in [-0.05, 0) is 6.07 Å². The van der Waals surface area contributed by atoms with Crippen LogP contribution < -0.4 is 9.80 Å². The van der Waals surface area contributed by atoms with Crippen molar-refractivity contribution in [3.63, 3.8) is 0 Å². The Morgan fingerprint density at radius 1 is 1.36 bits per heavy atom. The number of hydrogen-bond acceptors (Lipinski definition) is 1. The number of nitrogens with one attached hydrogen (secondary N) is 1. The zero-order valence-electron chi connectivity index (χ0n) is 8.58. The van der Waals surface area contributed by atoms with Gasteiger partial charge >= 0.3 is 0 Å². The van der Waals surface area contributed by atoms with Crippen LogP contribution in [0.25, 0.3) is 0 Å². The molecule has 0 aliphatic carbocycles. The fraction of sp³-hybridized carbons (Fsp3) is 0.364. The Bertz CT molecular complexity index is 362. The van der Waals surface area contributed by atoms with Gasteiger partial charge in [0.25, 0.3) is 0 Å². The van der Waals surface area contributed by atoms with Crippen LogP contribution in [-0.2, 0) is 4.79 Å². The van der Waals surface area contributed by atoms with E-state index < -0.39 is 0 Å². The number of carbonyl (C=O) groups excluding carboxylic acids is 1. The fourth-order valence-corrected chi connectivity index (χ4v) is 1.86. The summed E-state index contributed by atoms with van der Waals surface area (Å²) in [5.41, 5.74) is 2.24. The summed E-state index contributed by atoms with van der Waals surface area (Å²) in [6, 6.07) is 8.08. The SMILES string of the molecule is CN1C(=O)CC[NH+](C)c2ccccc21. The standard InChI is InChI=1S/C11H14N2O/c1-12-8-7-11(14)13(2)10-6-4-3-5-9(10)12/h3-6H,7-8H2,1-2H3/p+1. The minimum atomic E-state index is 0.203. The Balaban J connectivity index is 2.51. The molecule has 3 heteroatoms. The van der Waals surface area contributed by atoms with E-state index in [1.165, 1.54) is 10.6 Å². The molecule has 14 heavy (non-hydrogen) atoms. The third-order valence-corrected chi connectivity index (χ3v) is 2.81. The van der Waals surface area contributed by atoms with E-state index in [0.29, 0.717) is 6.42 Å². The van der Waals surface area contributed by atoms with Crippen molar-refractivity contribution in [1.29, 1.82) is 0 Å². The molecule has 1 aliphatic heterocycles. The number of benzene rings is 1. The average Bonchev–Trinajstić information content (AvgIpc) is 2.33. The topological polar surface area (TPSA) is 24.8 Å². The summed E-state index contributed by atoms with van der Waals surface area (Å²) < 4.78 is 0. The lowest BCUT2D eigenvalue weighted by Gasteiger charge is -2.16. The second-order valence-corrected chi connectivity index (χ2v) is 3.75. The largest absolute Gasteiger partial charge is 0.310 e. The van der Waals surface area contributed by atoms with Gasteiger partial charge in [0.15, 0.2) is 5.69 Å². The van der Waals surface area contributed by atoms with Crippen LogP contribution in [0.1, 0.15) is 6.42 Å². The molecule has 1 amide bonds. The molecule has 0 aromatic heterocycles. The van der Waals surface area contributed by atoms with Crippen molar-refractivity contribution in [1.82, 2.24) is 0 Å². The minimum Gasteiger partial charge on any atom is -0.310 e. The summed E-state index contributed by atoms with van der Waals surface area (Å²) >= 11 is 0. The van der Waals surface area contributed by atoms with Gasteiger partial charge in [-0.3, -0.25) is 4.79 Å². The summed E-state index contributed by atoms with van der Waals surface area (Å²) in [4.78, 5) is 14.7. The van der Waals surface area contributed by atoms with Crippen molar-refractivity contribution in [3.8, 4) is 0 Å². The molecule has 74 valence electrons. The van der Waals surface area contributed by atoms with Crippen molar-refractivity contribution >= 4 is 17.3 Å². The van der Waals surface area contributed by atoms with Gasteiger partial charge in [-0.25, -0.2) is 0 Å². The van der Waals surface area contributed by atoms with E-state index in [4.69, 9.17) is 0 Å². The van der Waals surface area contributed by atoms with E-state index in [1.54, 1.807) is 4.90 Å². The van der Waals surface area contributed by atoms with Crippen LogP contribution in [0.15, 0.2) is 24.3 Å². The highest BCUT2D eigenvalue weighted by Gasteiger charge is 2.24. The maximum Gasteiger partial charge on any atom is 0.232 e. The zero-order valence-corrected chi connectivity index (χ0v) is 8.58. The van der Waals surface area contributed by atoms with E-state index >= 15 is 0 Å². The van der Waals surface area contributed by atoms with Gasteiger partial charge in [0.2, 0.25) is 5.91 Å². The summed E-state index contributed by atoms with van der Waals surface area (Å²) in [6.07, 6.45) is 0.622. The Hall–Kier alpha value is -1.35. The number of para-hydroxylation sites is 2. The number of carbonyl (C=O) groups is 1. The Kier molecular flexibility index (Phi) is 2.25. The van der Waals surface area contributed by atoms with Crippen LogP contribution in [0.3, 0.4) is 0 Å².